The Morgan fingerprint density at radius 2 is 1.55 bits per heavy atom. The van der Waals surface area contributed by atoms with Crippen molar-refractivity contribution in [3.05, 3.63) is 94.9 Å². The Kier molecular flexibility index (Phi) is 5.73. The highest BCUT2D eigenvalue weighted by atomic mass is 35.5. The van der Waals surface area contributed by atoms with Crippen molar-refractivity contribution < 1.29 is 9.59 Å². The van der Waals surface area contributed by atoms with Crippen LogP contribution in [0.3, 0.4) is 0 Å². The van der Waals surface area contributed by atoms with E-state index in [1.807, 2.05) is 43.3 Å². The number of hydrogen-bond acceptors (Lipinski definition) is 5. The van der Waals surface area contributed by atoms with Crippen LogP contribution in [0.25, 0.3) is 5.57 Å². The molecule has 0 radical (unpaired) electrons. The second-order valence-corrected chi connectivity index (χ2v) is 7.81. The van der Waals surface area contributed by atoms with E-state index in [0.717, 1.165) is 16.9 Å². The van der Waals surface area contributed by atoms with Gasteiger partial charge in [0, 0.05) is 42.9 Å². The first-order valence-corrected chi connectivity index (χ1v) is 10.1. The molecule has 6 nitrogen and oxygen atoms in total. The molecule has 0 atom stereocenters. The van der Waals surface area contributed by atoms with E-state index in [-0.39, 0.29) is 24.1 Å². The van der Waals surface area contributed by atoms with Crippen molar-refractivity contribution in [2.24, 2.45) is 0 Å². The van der Waals surface area contributed by atoms with Crippen molar-refractivity contribution in [3.8, 4) is 0 Å². The van der Waals surface area contributed by atoms with Crippen molar-refractivity contribution in [2.45, 2.75) is 6.54 Å². The van der Waals surface area contributed by atoms with Gasteiger partial charge in [-0.2, -0.15) is 0 Å². The molecule has 156 valence electrons. The van der Waals surface area contributed by atoms with Gasteiger partial charge in [0.1, 0.15) is 5.70 Å². The molecule has 7 heteroatoms. The van der Waals surface area contributed by atoms with Crippen molar-refractivity contribution in [1.29, 1.82) is 0 Å². The minimum Gasteiger partial charge on any atom is -0.378 e. The number of imide groups is 1. The van der Waals surface area contributed by atoms with Crippen molar-refractivity contribution in [2.75, 3.05) is 24.3 Å². The highest BCUT2D eigenvalue weighted by Gasteiger charge is 2.39. The van der Waals surface area contributed by atoms with Gasteiger partial charge in [-0.05, 0) is 59.7 Å². The average Bonchev–Trinajstić information content (AvgIpc) is 3.00. The lowest BCUT2D eigenvalue weighted by molar-refractivity contribution is -0.137. The summed E-state index contributed by atoms with van der Waals surface area (Å²) in [6.07, 6.45) is 3.28. The summed E-state index contributed by atoms with van der Waals surface area (Å²) in [7, 11) is 3.92. The van der Waals surface area contributed by atoms with Gasteiger partial charge in [-0.3, -0.25) is 19.5 Å². The number of anilines is 2. The van der Waals surface area contributed by atoms with Gasteiger partial charge in [0.25, 0.3) is 11.8 Å². The molecule has 0 spiro atoms. The van der Waals surface area contributed by atoms with Gasteiger partial charge in [0.2, 0.25) is 0 Å². The Morgan fingerprint density at radius 3 is 2.16 bits per heavy atom. The van der Waals surface area contributed by atoms with Gasteiger partial charge < -0.3 is 10.2 Å². The Morgan fingerprint density at radius 1 is 0.903 bits per heavy atom. The first kappa shape index (κ1) is 20.6. The van der Waals surface area contributed by atoms with Crippen LogP contribution >= 0.6 is 11.6 Å². The molecule has 1 aliphatic rings. The van der Waals surface area contributed by atoms with Gasteiger partial charge in [0.15, 0.2) is 0 Å². The third-order valence-electron chi connectivity index (χ3n) is 5.04. The number of pyridine rings is 1. The van der Waals surface area contributed by atoms with E-state index >= 15 is 0 Å². The SMILES string of the molecule is CN(C)c1ccc(NC2=C(c3ccc(Cl)cc3)C(=O)N(Cc3ccncc3)C2=O)cc1. The Labute approximate surface area is 185 Å². The van der Waals surface area contributed by atoms with Crippen LogP contribution in [0.4, 0.5) is 11.4 Å². The smallest absolute Gasteiger partial charge is 0.278 e. The monoisotopic (exact) mass is 432 g/mol. The number of amides is 2. The molecule has 0 bridgehead atoms. The summed E-state index contributed by atoms with van der Waals surface area (Å²) >= 11 is 6.02. The number of benzene rings is 2. The van der Waals surface area contributed by atoms with Gasteiger partial charge in [-0.25, -0.2) is 0 Å². The van der Waals surface area contributed by atoms with E-state index in [9.17, 15) is 9.59 Å². The second-order valence-electron chi connectivity index (χ2n) is 7.38. The molecule has 0 unspecified atom stereocenters. The fraction of sp³-hybridized carbons (Fsp3) is 0.125. The number of rotatable bonds is 6. The number of hydrogen-bond donors (Lipinski definition) is 1. The van der Waals surface area contributed by atoms with Gasteiger partial charge in [-0.15, -0.1) is 0 Å². The lowest BCUT2D eigenvalue weighted by Crippen LogP contribution is -2.32. The average molecular weight is 433 g/mol. The largest absolute Gasteiger partial charge is 0.378 e. The normalized spacial score (nSPS) is 13.7. The quantitative estimate of drug-likeness (QED) is 0.591. The maximum Gasteiger partial charge on any atom is 0.278 e. The summed E-state index contributed by atoms with van der Waals surface area (Å²) < 4.78 is 0. The molecule has 2 amide bonds. The lowest BCUT2D eigenvalue weighted by Gasteiger charge is -2.16. The molecule has 1 aromatic heterocycles. The molecule has 0 saturated heterocycles. The molecule has 1 N–H and O–H groups in total. The number of nitrogens with zero attached hydrogens (tertiary/aromatic N) is 3. The topological polar surface area (TPSA) is 65.5 Å². The highest BCUT2D eigenvalue weighted by molar-refractivity contribution is 6.36. The molecular weight excluding hydrogens is 412 g/mol. The maximum absolute atomic E-state index is 13.3. The molecular formula is C24H21ClN4O2. The van der Waals surface area contributed by atoms with Crippen molar-refractivity contribution in [1.82, 2.24) is 9.88 Å². The zero-order valence-electron chi connectivity index (χ0n) is 17.2. The molecule has 3 aromatic rings. The van der Waals surface area contributed by atoms with Crippen LogP contribution in [0.15, 0.2) is 78.8 Å². The zero-order chi connectivity index (χ0) is 22.0. The van der Waals surface area contributed by atoms with Crippen LogP contribution in [-0.2, 0) is 16.1 Å². The maximum atomic E-state index is 13.3. The van der Waals surface area contributed by atoms with Crippen LogP contribution < -0.4 is 10.2 Å². The number of aromatic nitrogens is 1. The fourth-order valence-electron chi connectivity index (χ4n) is 3.38. The van der Waals surface area contributed by atoms with Gasteiger partial charge >= 0.3 is 0 Å². The predicted octanol–water partition coefficient (Wildman–Crippen LogP) is 4.19. The first-order valence-electron chi connectivity index (χ1n) is 9.74. The molecule has 0 aliphatic carbocycles. The van der Waals surface area contributed by atoms with Crippen molar-refractivity contribution in [3.63, 3.8) is 0 Å². The second kappa shape index (κ2) is 8.62. The minimum atomic E-state index is -0.372. The van der Waals surface area contributed by atoms with Crippen LogP contribution in [0.5, 0.6) is 0 Å². The summed E-state index contributed by atoms with van der Waals surface area (Å²) in [6, 6.07) is 18.1. The number of carbonyl (C=O) groups is 2. The molecule has 0 fully saturated rings. The summed E-state index contributed by atoms with van der Waals surface area (Å²) in [6.45, 7) is 0.169. The Balaban J connectivity index is 1.71. The van der Waals surface area contributed by atoms with E-state index in [1.54, 1.807) is 48.8 Å². The summed E-state index contributed by atoms with van der Waals surface area (Å²) in [4.78, 5) is 33.8. The highest BCUT2D eigenvalue weighted by Crippen LogP contribution is 2.32. The summed E-state index contributed by atoms with van der Waals surface area (Å²) in [5.74, 6) is -0.722. The van der Waals surface area contributed by atoms with Gasteiger partial charge in [0.05, 0.1) is 12.1 Å². The molecule has 0 saturated carbocycles. The predicted molar refractivity (Wildman–Crippen MR) is 123 cm³/mol. The van der Waals surface area contributed by atoms with Gasteiger partial charge in [-0.1, -0.05) is 23.7 Å². The number of nitrogens with one attached hydrogen (secondary N) is 1. The minimum absolute atomic E-state index is 0.169. The fourth-order valence-corrected chi connectivity index (χ4v) is 3.50. The third-order valence-corrected chi connectivity index (χ3v) is 5.30. The van der Waals surface area contributed by atoms with Crippen LogP contribution in [0.1, 0.15) is 11.1 Å². The molecule has 2 heterocycles. The molecule has 31 heavy (non-hydrogen) atoms. The third kappa shape index (κ3) is 4.29. The lowest BCUT2D eigenvalue weighted by atomic mass is 10.0. The molecule has 2 aromatic carbocycles. The van der Waals surface area contributed by atoms with Crippen LogP contribution in [0, 0.1) is 0 Å². The van der Waals surface area contributed by atoms with Crippen LogP contribution in [0.2, 0.25) is 5.02 Å². The Hall–Kier alpha value is -3.64. The van der Waals surface area contributed by atoms with E-state index in [0.29, 0.717) is 16.2 Å². The zero-order valence-corrected chi connectivity index (χ0v) is 17.9. The van der Waals surface area contributed by atoms with Crippen molar-refractivity contribution >= 4 is 40.4 Å². The first-order chi connectivity index (χ1) is 14.9. The van der Waals surface area contributed by atoms with Crippen LogP contribution in [-0.4, -0.2) is 35.8 Å². The standard InChI is InChI=1S/C24H21ClN4O2/c1-28(2)20-9-7-19(8-10-20)27-22-21(17-3-5-18(25)6-4-17)23(30)29(24(22)31)15-16-11-13-26-14-12-16/h3-14,27H,15H2,1-2H3. The molecule has 1 aliphatic heterocycles. The van der Waals surface area contributed by atoms with E-state index in [4.69, 9.17) is 11.6 Å². The van der Waals surface area contributed by atoms with E-state index < -0.39 is 0 Å². The number of halogens is 1. The Bertz CT molecular complexity index is 1140. The van der Waals surface area contributed by atoms with E-state index in [2.05, 4.69) is 10.3 Å². The molecule has 4 rings (SSSR count). The summed E-state index contributed by atoms with van der Waals surface area (Å²) in [5.41, 5.74) is 3.78. The number of carbonyl (C=O) groups excluding carboxylic acids is 2. The summed E-state index contributed by atoms with van der Waals surface area (Å²) in [5, 5.41) is 3.73. The van der Waals surface area contributed by atoms with E-state index in [1.165, 1.54) is 4.90 Å².